The smallest absolute Gasteiger partial charge is 0.335 e. The monoisotopic (exact) mass is 320 g/mol. The number of aliphatic carboxylic acids is 1. The number of carboxylic acids is 1. The van der Waals surface area contributed by atoms with Gasteiger partial charge in [-0.15, -0.1) is 0 Å². The highest BCUT2D eigenvalue weighted by Crippen LogP contribution is 2.42. The van der Waals surface area contributed by atoms with Crippen LogP contribution in [0.25, 0.3) is 6.08 Å². The summed E-state index contributed by atoms with van der Waals surface area (Å²) >= 11 is 5.93. The topological polar surface area (TPSA) is 46.5 Å². The van der Waals surface area contributed by atoms with E-state index in [1.807, 2.05) is 6.92 Å². The minimum atomic E-state index is -3.38. The number of hydrogen-bond donors (Lipinski definition) is 1. The van der Waals surface area contributed by atoms with E-state index in [-0.39, 0.29) is 5.75 Å². The molecule has 1 aromatic carbocycles. The number of carbonyl (C=O) groups is 1. The first-order valence-electron chi connectivity index (χ1n) is 5.84. The molecule has 0 amide bonds. The second kappa shape index (κ2) is 5.30. The maximum absolute atomic E-state index is 13.5. The lowest BCUT2D eigenvalue weighted by Crippen LogP contribution is -2.39. The number of halogens is 3. The zero-order chi connectivity index (χ0) is 15.1. The van der Waals surface area contributed by atoms with Gasteiger partial charge in [-0.2, -0.15) is 8.78 Å². The summed E-state index contributed by atoms with van der Waals surface area (Å²) < 4.78 is 32.3. The Hall–Kier alpha value is -1.19. The van der Waals surface area contributed by atoms with Gasteiger partial charge in [0.2, 0.25) is 0 Å². The van der Waals surface area contributed by atoms with Gasteiger partial charge in [0.15, 0.2) is 6.10 Å². The molecule has 1 heterocycles. The molecule has 0 radical (unpaired) electrons. The third-order valence-electron chi connectivity index (χ3n) is 2.97. The summed E-state index contributed by atoms with van der Waals surface area (Å²) in [4.78, 5) is 11.1. The number of carboxylic acid groups (broad SMARTS) is 1. The second-order valence-electron chi connectivity index (χ2n) is 4.41. The molecule has 0 saturated heterocycles. The van der Waals surface area contributed by atoms with Crippen LogP contribution in [0.1, 0.15) is 18.1 Å². The van der Waals surface area contributed by atoms with Gasteiger partial charge in [-0.25, -0.2) is 4.79 Å². The number of rotatable bonds is 3. The van der Waals surface area contributed by atoms with Crippen molar-refractivity contribution in [3.8, 4) is 5.75 Å². The van der Waals surface area contributed by atoms with E-state index in [0.29, 0.717) is 22.6 Å². The van der Waals surface area contributed by atoms with Crippen LogP contribution in [0.5, 0.6) is 5.75 Å². The standard InChI is InChI=1S/C13H12ClF2O3P/c1-2-6-3-8(14)4-7-5-9(12(17)18)11(13(15,16)20)19-10(6)7/h3-5,11H,2,20H2,1H3,(H,17,18). The van der Waals surface area contributed by atoms with E-state index in [0.717, 1.165) is 0 Å². The zero-order valence-corrected chi connectivity index (χ0v) is 12.4. The van der Waals surface area contributed by atoms with Gasteiger partial charge < -0.3 is 9.84 Å². The summed E-state index contributed by atoms with van der Waals surface area (Å²) in [5.41, 5.74) is -2.82. The molecular formula is C13H12ClF2O3P. The Labute approximate surface area is 121 Å². The van der Waals surface area contributed by atoms with E-state index in [9.17, 15) is 13.6 Å². The molecule has 0 fully saturated rings. The maximum atomic E-state index is 13.5. The van der Waals surface area contributed by atoms with Gasteiger partial charge >= 0.3 is 5.97 Å². The molecule has 108 valence electrons. The lowest BCUT2D eigenvalue weighted by molar-refractivity contribution is -0.135. The van der Waals surface area contributed by atoms with E-state index in [1.165, 1.54) is 21.4 Å². The van der Waals surface area contributed by atoms with E-state index >= 15 is 0 Å². The van der Waals surface area contributed by atoms with Crippen LogP contribution in [0.2, 0.25) is 5.02 Å². The first-order chi connectivity index (χ1) is 9.24. The summed E-state index contributed by atoms with van der Waals surface area (Å²) in [6, 6.07) is 3.12. The molecular weight excluding hydrogens is 309 g/mol. The normalized spacial score (nSPS) is 18.1. The quantitative estimate of drug-likeness (QED) is 0.866. The fraction of sp³-hybridized carbons (Fsp3) is 0.308. The molecule has 7 heteroatoms. The van der Waals surface area contributed by atoms with Gasteiger partial charge in [-0.1, -0.05) is 27.8 Å². The van der Waals surface area contributed by atoms with Crippen molar-refractivity contribution in [2.75, 3.05) is 0 Å². The van der Waals surface area contributed by atoms with Gasteiger partial charge in [-0.05, 0) is 30.2 Å². The van der Waals surface area contributed by atoms with Crippen molar-refractivity contribution in [3.63, 3.8) is 0 Å². The number of alkyl halides is 2. The molecule has 0 saturated carbocycles. The van der Waals surface area contributed by atoms with Crippen molar-refractivity contribution in [3.05, 3.63) is 33.9 Å². The van der Waals surface area contributed by atoms with Crippen molar-refractivity contribution in [1.82, 2.24) is 0 Å². The van der Waals surface area contributed by atoms with E-state index in [2.05, 4.69) is 0 Å². The lowest BCUT2D eigenvalue weighted by atomic mass is 9.98. The summed E-state index contributed by atoms with van der Waals surface area (Å²) in [5, 5.41) is 9.47. The number of ether oxygens (including phenoxy) is 1. The molecule has 2 atom stereocenters. The highest BCUT2D eigenvalue weighted by atomic mass is 35.5. The Morgan fingerprint density at radius 2 is 2.20 bits per heavy atom. The number of benzene rings is 1. The second-order valence-corrected chi connectivity index (χ2v) is 5.62. The van der Waals surface area contributed by atoms with Crippen molar-refractivity contribution >= 4 is 32.9 Å². The predicted molar refractivity (Wildman–Crippen MR) is 75.5 cm³/mol. The fourth-order valence-corrected chi connectivity index (χ4v) is 2.57. The van der Waals surface area contributed by atoms with Crippen molar-refractivity contribution in [2.45, 2.75) is 25.1 Å². The molecule has 2 unspecified atom stereocenters. The zero-order valence-electron chi connectivity index (χ0n) is 10.5. The van der Waals surface area contributed by atoms with Crippen LogP contribution in [0.4, 0.5) is 8.78 Å². The molecule has 20 heavy (non-hydrogen) atoms. The summed E-state index contributed by atoms with van der Waals surface area (Å²) in [7, 11) is 1.32. The van der Waals surface area contributed by atoms with Crippen LogP contribution in [0.15, 0.2) is 17.7 Å². The summed E-state index contributed by atoms with van der Waals surface area (Å²) in [5.74, 6) is -1.19. The minimum absolute atomic E-state index is 0.258. The molecule has 0 spiro atoms. The van der Waals surface area contributed by atoms with E-state index in [1.54, 1.807) is 6.07 Å². The highest BCUT2D eigenvalue weighted by molar-refractivity contribution is 7.18. The van der Waals surface area contributed by atoms with Gasteiger partial charge in [0, 0.05) is 10.6 Å². The number of aryl methyl sites for hydroxylation is 1. The molecule has 1 aliphatic heterocycles. The van der Waals surface area contributed by atoms with Crippen LogP contribution in [-0.2, 0) is 11.2 Å². The van der Waals surface area contributed by atoms with Gasteiger partial charge in [-0.3, -0.25) is 0 Å². The Morgan fingerprint density at radius 3 is 2.70 bits per heavy atom. The average Bonchev–Trinajstić information content (AvgIpc) is 2.34. The first-order valence-corrected chi connectivity index (χ1v) is 6.80. The Balaban J connectivity index is 2.62. The van der Waals surface area contributed by atoms with Crippen molar-refractivity contribution in [2.24, 2.45) is 0 Å². The maximum Gasteiger partial charge on any atom is 0.335 e. The molecule has 1 aliphatic rings. The average molecular weight is 321 g/mol. The predicted octanol–water partition coefficient (Wildman–Crippen LogP) is 3.60. The molecule has 3 nitrogen and oxygen atoms in total. The molecule has 1 aromatic rings. The molecule has 2 rings (SSSR count). The van der Waals surface area contributed by atoms with E-state index in [4.69, 9.17) is 21.4 Å². The van der Waals surface area contributed by atoms with Gasteiger partial charge in [0.05, 0.1) is 5.57 Å². The van der Waals surface area contributed by atoms with E-state index < -0.39 is 23.3 Å². The largest absolute Gasteiger partial charge is 0.478 e. The minimum Gasteiger partial charge on any atom is -0.478 e. The summed E-state index contributed by atoms with van der Waals surface area (Å²) in [6.45, 7) is 1.83. The first kappa shape index (κ1) is 15.2. The number of hydrogen-bond acceptors (Lipinski definition) is 2. The van der Waals surface area contributed by atoms with Crippen molar-refractivity contribution < 1.29 is 23.4 Å². The van der Waals surface area contributed by atoms with Crippen LogP contribution in [0.3, 0.4) is 0 Å². The third kappa shape index (κ3) is 2.79. The SMILES string of the molecule is CCc1cc(Cl)cc2c1OC(C(F)(F)P)C(C(=O)O)=C2. The summed E-state index contributed by atoms with van der Waals surface area (Å²) in [6.07, 6.45) is -0.118. The van der Waals surface area contributed by atoms with Crippen molar-refractivity contribution in [1.29, 1.82) is 0 Å². The van der Waals surface area contributed by atoms with Gasteiger partial charge in [0.1, 0.15) is 5.75 Å². The van der Waals surface area contributed by atoms with Crippen LogP contribution >= 0.6 is 20.8 Å². The van der Waals surface area contributed by atoms with Crippen LogP contribution in [-0.4, -0.2) is 22.8 Å². The molecule has 0 aliphatic carbocycles. The van der Waals surface area contributed by atoms with Crippen LogP contribution < -0.4 is 4.74 Å². The van der Waals surface area contributed by atoms with Gasteiger partial charge in [0.25, 0.3) is 5.66 Å². The number of fused-ring (bicyclic) bond motifs is 1. The fourth-order valence-electron chi connectivity index (χ4n) is 2.07. The lowest BCUT2D eigenvalue weighted by Gasteiger charge is -2.30. The molecule has 0 aromatic heterocycles. The third-order valence-corrected chi connectivity index (χ3v) is 3.49. The highest BCUT2D eigenvalue weighted by Gasteiger charge is 2.44. The Morgan fingerprint density at radius 1 is 1.55 bits per heavy atom. The Bertz CT molecular complexity index is 596. The molecule has 1 N–H and O–H groups in total. The Kier molecular flexibility index (Phi) is 4.03. The molecule has 0 bridgehead atoms. The van der Waals surface area contributed by atoms with Crippen LogP contribution in [0, 0.1) is 0 Å².